The number of rotatable bonds is 1. The van der Waals surface area contributed by atoms with Gasteiger partial charge in [-0.05, 0) is 24.6 Å². The van der Waals surface area contributed by atoms with Crippen molar-refractivity contribution in [1.82, 2.24) is 6.15 Å². The van der Waals surface area contributed by atoms with E-state index in [0.717, 1.165) is 5.56 Å². The van der Waals surface area contributed by atoms with Crippen LogP contribution in [0.3, 0.4) is 0 Å². The van der Waals surface area contributed by atoms with Gasteiger partial charge in [0, 0.05) is 0 Å². The smallest absolute Gasteiger partial charge is 0.294 e. The number of benzene rings is 1. The van der Waals surface area contributed by atoms with Gasteiger partial charge < -0.3 is 6.15 Å². The van der Waals surface area contributed by atoms with Crippen molar-refractivity contribution in [2.45, 2.75) is 11.8 Å². The normalized spacial score (nSPS) is 10.5. The highest BCUT2D eigenvalue weighted by Crippen LogP contribution is 2.09. The number of hydrogen-bond donors (Lipinski definition) is 2. The molecule has 0 atom stereocenters. The third kappa shape index (κ3) is 2.61. The maximum Gasteiger partial charge on any atom is 0.294 e. The SMILES string of the molecule is Cc1cccc(S(=O)(=O)O)c1.N. The quantitative estimate of drug-likeness (QED) is 0.653. The highest BCUT2D eigenvalue weighted by molar-refractivity contribution is 7.85. The summed E-state index contributed by atoms with van der Waals surface area (Å²) in [7, 11) is -4.03. The Labute approximate surface area is 71.6 Å². The first-order chi connectivity index (χ1) is 5.00. The van der Waals surface area contributed by atoms with E-state index >= 15 is 0 Å². The minimum atomic E-state index is -4.03. The zero-order chi connectivity index (χ0) is 8.48. The average Bonchev–Trinajstić information content (AvgIpc) is 1.86. The fourth-order valence-corrected chi connectivity index (χ4v) is 1.36. The summed E-state index contributed by atoms with van der Waals surface area (Å²) in [5.41, 5.74) is 0.806. The summed E-state index contributed by atoms with van der Waals surface area (Å²) in [5.74, 6) is 0. The summed E-state index contributed by atoms with van der Waals surface area (Å²) in [4.78, 5) is -0.0579. The number of aryl methyl sites for hydroxylation is 1. The highest BCUT2D eigenvalue weighted by Gasteiger charge is 2.07. The lowest BCUT2D eigenvalue weighted by molar-refractivity contribution is 0.483. The summed E-state index contributed by atoms with van der Waals surface area (Å²) in [6, 6.07) is 6.10. The maximum absolute atomic E-state index is 10.5. The molecule has 0 amide bonds. The molecule has 0 saturated carbocycles. The Balaban J connectivity index is 0.00000121. The van der Waals surface area contributed by atoms with Crippen LogP contribution in [0.15, 0.2) is 29.2 Å². The molecular formula is C7H11NO3S. The molecule has 0 aliphatic rings. The van der Waals surface area contributed by atoms with Crippen LogP contribution in [0.25, 0.3) is 0 Å². The first-order valence-corrected chi connectivity index (χ1v) is 4.48. The summed E-state index contributed by atoms with van der Waals surface area (Å²) < 4.78 is 29.7. The topological polar surface area (TPSA) is 89.4 Å². The lowest BCUT2D eigenvalue weighted by Crippen LogP contribution is -1.97. The molecule has 1 aromatic carbocycles. The molecule has 0 saturated heterocycles. The Kier molecular flexibility index (Phi) is 3.38. The second-order valence-corrected chi connectivity index (χ2v) is 3.71. The van der Waals surface area contributed by atoms with Crippen LogP contribution in [0.2, 0.25) is 0 Å². The minimum Gasteiger partial charge on any atom is -0.344 e. The van der Waals surface area contributed by atoms with E-state index in [1.807, 2.05) is 0 Å². The van der Waals surface area contributed by atoms with Gasteiger partial charge in [-0.2, -0.15) is 8.42 Å². The molecule has 0 fully saturated rings. The van der Waals surface area contributed by atoms with E-state index in [1.54, 1.807) is 19.1 Å². The van der Waals surface area contributed by atoms with Gasteiger partial charge in [-0.25, -0.2) is 0 Å². The molecular weight excluding hydrogens is 178 g/mol. The molecule has 5 heteroatoms. The summed E-state index contributed by atoms with van der Waals surface area (Å²) in [5, 5.41) is 0. The van der Waals surface area contributed by atoms with E-state index in [2.05, 4.69) is 0 Å². The van der Waals surface area contributed by atoms with Crippen molar-refractivity contribution >= 4 is 10.1 Å². The fourth-order valence-electron chi connectivity index (χ4n) is 0.776. The molecule has 4 nitrogen and oxygen atoms in total. The lowest BCUT2D eigenvalue weighted by atomic mass is 10.2. The molecule has 1 rings (SSSR count). The zero-order valence-electron chi connectivity index (χ0n) is 6.69. The second kappa shape index (κ2) is 3.66. The third-order valence-corrected chi connectivity index (χ3v) is 2.14. The van der Waals surface area contributed by atoms with E-state index < -0.39 is 10.1 Å². The Hall–Kier alpha value is -0.910. The van der Waals surface area contributed by atoms with Crippen LogP contribution in [0.4, 0.5) is 0 Å². The van der Waals surface area contributed by atoms with Gasteiger partial charge in [-0.3, -0.25) is 4.55 Å². The minimum absolute atomic E-state index is 0. The van der Waals surface area contributed by atoms with Gasteiger partial charge in [0.1, 0.15) is 0 Å². The van der Waals surface area contributed by atoms with Crippen LogP contribution in [-0.4, -0.2) is 13.0 Å². The molecule has 0 aromatic heterocycles. The second-order valence-electron chi connectivity index (χ2n) is 2.29. The van der Waals surface area contributed by atoms with Gasteiger partial charge in [0.2, 0.25) is 0 Å². The van der Waals surface area contributed by atoms with Gasteiger partial charge >= 0.3 is 0 Å². The predicted octanol–water partition coefficient (Wildman–Crippen LogP) is 1.40. The van der Waals surface area contributed by atoms with E-state index in [0.29, 0.717) is 0 Å². The van der Waals surface area contributed by atoms with E-state index in [9.17, 15) is 8.42 Å². The largest absolute Gasteiger partial charge is 0.344 e. The monoisotopic (exact) mass is 189 g/mol. The van der Waals surface area contributed by atoms with Gasteiger partial charge in [0.25, 0.3) is 10.1 Å². The lowest BCUT2D eigenvalue weighted by Gasteiger charge is -1.96. The van der Waals surface area contributed by atoms with Gasteiger partial charge in [-0.15, -0.1) is 0 Å². The molecule has 1 aromatic rings. The standard InChI is InChI=1S/C7H8O3S.H3N/c1-6-3-2-4-7(5-6)11(8,9)10;/h2-5H,1H3,(H,8,9,10);1H3. The maximum atomic E-state index is 10.5. The van der Waals surface area contributed by atoms with E-state index in [-0.39, 0.29) is 11.0 Å². The van der Waals surface area contributed by atoms with Crippen LogP contribution in [-0.2, 0) is 10.1 Å². The Morgan fingerprint density at radius 3 is 2.25 bits per heavy atom. The van der Waals surface area contributed by atoms with Crippen LogP contribution < -0.4 is 6.15 Å². The van der Waals surface area contributed by atoms with Gasteiger partial charge in [0.15, 0.2) is 0 Å². The first-order valence-electron chi connectivity index (χ1n) is 3.04. The highest BCUT2D eigenvalue weighted by atomic mass is 32.2. The molecule has 4 N–H and O–H groups in total. The first kappa shape index (κ1) is 11.1. The molecule has 0 bridgehead atoms. The molecule has 68 valence electrons. The number of hydrogen-bond acceptors (Lipinski definition) is 3. The summed E-state index contributed by atoms with van der Waals surface area (Å²) in [6.45, 7) is 1.76. The van der Waals surface area contributed by atoms with E-state index in [4.69, 9.17) is 4.55 Å². The molecule has 0 aliphatic carbocycles. The van der Waals surface area contributed by atoms with Gasteiger partial charge in [-0.1, -0.05) is 12.1 Å². The predicted molar refractivity (Wildman–Crippen MR) is 46.0 cm³/mol. The van der Waals surface area contributed by atoms with Crippen molar-refractivity contribution < 1.29 is 13.0 Å². The zero-order valence-corrected chi connectivity index (χ0v) is 7.50. The molecule has 0 radical (unpaired) electrons. The van der Waals surface area contributed by atoms with Gasteiger partial charge in [0.05, 0.1) is 4.90 Å². The average molecular weight is 189 g/mol. The van der Waals surface area contributed by atoms with Crippen LogP contribution in [0.1, 0.15) is 5.56 Å². The Morgan fingerprint density at radius 2 is 1.92 bits per heavy atom. The summed E-state index contributed by atoms with van der Waals surface area (Å²) >= 11 is 0. The molecule has 0 unspecified atom stereocenters. The van der Waals surface area contributed by atoms with Crippen molar-refractivity contribution in [2.24, 2.45) is 0 Å². The van der Waals surface area contributed by atoms with Crippen molar-refractivity contribution in [3.8, 4) is 0 Å². The Morgan fingerprint density at radius 1 is 1.33 bits per heavy atom. The van der Waals surface area contributed by atoms with Crippen molar-refractivity contribution in [3.63, 3.8) is 0 Å². The molecule has 0 heterocycles. The van der Waals surface area contributed by atoms with Crippen molar-refractivity contribution in [3.05, 3.63) is 29.8 Å². The van der Waals surface area contributed by atoms with Crippen molar-refractivity contribution in [1.29, 1.82) is 0 Å². The Bertz CT molecular complexity index is 359. The molecule has 0 spiro atoms. The molecule has 12 heavy (non-hydrogen) atoms. The fraction of sp³-hybridized carbons (Fsp3) is 0.143. The van der Waals surface area contributed by atoms with Crippen LogP contribution in [0, 0.1) is 6.92 Å². The van der Waals surface area contributed by atoms with Crippen LogP contribution in [0.5, 0.6) is 0 Å². The third-order valence-electron chi connectivity index (χ3n) is 1.29. The summed E-state index contributed by atoms with van der Waals surface area (Å²) in [6.07, 6.45) is 0. The molecule has 0 aliphatic heterocycles. The van der Waals surface area contributed by atoms with Crippen LogP contribution >= 0.6 is 0 Å². The van der Waals surface area contributed by atoms with Crippen molar-refractivity contribution in [2.75, 3.05) is 0 Å². The van der Waals surface area contributed by atoms with E-state index in [1.165, 1.54) is 12.1 Å².